The van der Waals surface area contributed by atoms with Gasteiger partial charge >= 0.3 is 0 Å². The average Bonchev–Trinajstić information content (AvgIpc) is 3.10. The first-order valence-corrected chi connectivity index (χ1v) is 10.7. The maximum absolute atomic E-state index is 5.26. The number of aryl methyl sites for hydroxylation is 2. The maximum Gasteiger partial charge on any atom is 0.193 e. The zero-order chi connectivity index (χ0) is 20.9. The standard InChI is InChI=1S/C24H31N5O/c1-18-22(19(2)30-27-18)11-12-26-24(25-3)29-15-13-28(14-16-29)17-21-9-6-8-20-7-4-5-10-23(20)21/h4-10H,11-17H2,1-3H3,(H,25,26). The molecular weight excluding hydrogens is 374 g/mol. The minimum Gasteiger partial charge on any atom is -0.361 e. The predicted molar refractivity (Wildman–Crippen MR) is 122 cm³/mol. The second kappa shape index (κ2) is 9.30. The quantitative estimate of drug-likeness (QED) is 0.521. The third kappa shape index (κ3) is 4.49. The number of benzene rings is 2. The van der Waals surface area contributed by atoms with Crippen LogP contribution in [0.25, 0.3) is 10.8 Å². The lowest BCUT2D eigenvalue weighted by molar-refractivity contribution is 0.173. The minimum atomic E-state index is 0.825. The van der Waals surface area contributed by atoms with Crippen LogP contribution in [0.4, 0.5) is 0 Å². The summed E-state index contributed by atoms with van der Waals surface area (Å²) in [5, 5.41) is 10.2. The van der Waals surface area contributed by atoms with E-state index in [9.17, 15) is 0 Å². The molecule has 3 aromatic rings. The lowest BCUT2D eigenvalue weighted by atomic mass is 10.0. The molecule has 1 N–H and O–H groups in total. The number of aromatic nitrogens is 1. The largest absolute Gasteiger partial charge is 0.361 e. The molecule has 6 heteroatoms. The van der Waals surface area contributed by atoms with Gasteiger partial charge in [0, 0.05) is 51.9 Å². The molecule has 1 fully saturated rings. The van der Waals surface area contributed by atoms with Crippen molar-refractivity contribution in [3.8, 4) is 0 Å². The van der Waals surface area contributed by atoms with E-state index >= 15 is 0 Å². The van der Waals surface area contributed by atoms with Crippen molar-refractivity contribution in [2.24, 2.45) is 4.99 Å². The van der Waals surface area contributed by atoms with Crippen molar-refractivity contribution in [1.82, 2.24) is 20.3 Å². The van der Waals surface area contributed by atoms with Gasteiger partial charge in [0.1, 0.15) is 5.76 Å². The summed E-state index contributed by atoms with van der Waals surface area (Å²) in [7, 11) is 1.86. The molecule has 0 bridgehead atoms. The molecule has 158 valence electrons. The predicted octanol–water partition coefficient (Wildman–Crippen LogP) is 3.38. The molecule has 0 amide bonds. The highest BCUT2D eigenvalue weighted by molar-refractivity contribution is 5.85. The first kappa shape index (κ1) is 20.4. The Labute approximate surface area is 178 Å². The van der Waals surface area contributed by atoms with Crippen LogP contribution < -0.4 is 5.32 Å². The fourth-order valence-corrected chi connectivity index (χ4v) is 4.28. The van der Waals surface area contributed by atoms with Crippen LogP contribution in [0.1, 0.15) is 22.6 Å². The molecular formula is C24H31N5O. The molecule has 6 nitrogen and oxygen atoms in total. The van der Waals surface area contributed by atoms with Gasteiger partial charge in [0.15, 0.2) is 5.96 Å². The molecule has 4 rings (SSSR count). The molecule has 0 aliphatic carbocycles. The molecule has 0 radical (unpaired) electrons. The summed E-state index contributed by atoms with van der Waals surface area (Å²) in [5.74, 6) is 1.89. The van der Waals surface area contributed by atoms with Gasteiger partial charge < -0.3 is 14.7 Å². The zero-order valence-electron chi connectivity index (χ0n) is 18.2. The maximum atomic E-state index is 5.26. The Kier molecular flexibility index (Phi) is 6.33. The Morgan fingerprint density at radius 1 is 1.07 bits per heavy atom. The van der Waals surface area contributed by atoms with Crippen molar-refractivity contribution < 1.29 is 4.52 Å². The summed E-state index contributed by atoms with van der Waals surface area (Å²) in [4.78, 5) is 9.39. The van der Waals surface area contributed by atoms with Crippen LogP contribution in [0.3, 0.4) is 0 Å². The van der Waals surface area contributed by atoms with Crippen molar-refractivity contribution in [3.63, 3.8) is 0 Å². The van der Waals surface area contributed by atoms with Crippen LogP contribution in [0.2, 0.25) is 0 Å². The van der Waals surface area contributed by atoms with Crippen LogP contribution >= 0.6 is 0 Å². The number of piperazine rings is 1. The fourth-order valence-electron chi connectivity index (χ4n) is 4.28. The van der Waals surface area contributed by atoms with Crippen molar-refractivity contribution in [2.75, 3.05) is 39.8 Å². The number of guanidine groups is 1. The normalized spacial score (nSPS) is 15.7. The van der Waals surface area contributed by atoms with Gasteiger partial charge in [-0.3, -0.25) is 9.89 Å². The highest BCUT2D eigenvalue weighted by Crippen LogP contribution is 2.20. The lowest BCUT2D eigenvalue weighted by Gasteiger charge is -2.36. The van der Waals surface area contributed by atoms with Gasteiger partial charge in [-0.1, -0.05) is 47.6 Å². The molecule has 1 saturated heterocycles. The summed E-state index contributed by atoms with van der Waals surface area (Å²) in [5.41, 5.74) is 3.58. The molecule has 0 unspecified atom stereocenters. The second-order valence-corrected chi connectivity index (χ2v) is 7.93. The Balaban J connectivity index is 1.30. The van der Waals surface area contributed by atoms with Crippen LogP contribution in [-0.4, -0.2) is 60.7 Å². The van der Waals surface area contributed by atoms with E-state index in [0.717, 1.165) is 63.1 Å². The van der Waals surface area contributed by atoms with Crippen molar-refractivity contribution >= 4 is 16.7 Å². The Hall–Kier alpha value is -2.86. The van der Waals surface area contributed by atoms with E-state index in [4.69, 9.17) is 4.52 Å². The SMILES string of the molecule is CN=C(NCCc1c(C)noc1C)N1CCN(Cc2cccc3ccccc23)CC1. The first-order valence-electron chi connectivity index (χ1n) is 10.7. The van der Waals surface area contributed by atoms with Crippen LogP contribution in [0.5, 0.6) is 0 Å². The lowest BCUT2D eigenvalue weighted by Crippen LogP contribution is -2.52. The van der Waals surface area contributed by atoms with Gasteiger partial charge in [-0.25, -0.2) is 0 Å². The van der Waals surface area contributed by atoms with Crippen LogP contribution in [-0.2, 0) is 13.0 Å². The van der Waals surface area contributed by atoms with Crippen LogP contribution in [0.15, 0.2) is 52.0 Å². The number of hydrogen-bond acceptors (Lipinski definition) is 4. The number of rotatable bonds is 5. The molecule has 0 spiro atoms. The van der Waals surface area contributed by atoms with Crippen LogP contribution in [0, 0.1) is 13.8 Å². The molecule has 2 heterocycles. The number of nitrogens with one attached hydrogen (secondary N) is 1. The zero-order valence-corrected chi connectivity index (χ0v) is 18.2. The molecule has 30 heavy (non-hydrogen) atoms. The van der Waals surface area contributed by atoms with E-state index in [1.807, 2.05) is 20.9 Å². The number of fused-ring (bicyclic) bond motifs is 1. The number of nitrogens with zero attached hydrogens (tertiary/aromatic N) is 4. The van der Waals surface area contributed by atoms with E-state index in [1.165, 1.54) is 21.9 Å². The van der Waals surface area contributed by atoms with E-state index in [-0.39, 0.29) is 0 Å². The van der Waals surface area contributed by atoms with E-state index < -0.39 is 0 Å². The van der Waals surface area contributed by atoms with Crippen molar-refractivity contribution in [3.05, 3.63) is 65.0 Å². The van der Waals surface area contributed by atoms with E-state index in [2.05, 4.69) is 67.7 Å². The summed E-state index contributed by atoms with van der Waals surface area (Å²) in [6.07, 6.45) is 0.890. The Morgan fingerprint density at radius 3 is 2.57 bits per heavy atom. The van der Waals surface area contributed by atoms with Gasteiger partial charge in [0.05, 0.1) is 5.69 Å². The molecule has 0 saturated carbocycles. The molecule has 1 aliphatic rings. The first-order chi connectivity index (χ1) is 14.7. The smallest absolute Gasteiger partial charge is 0.193 e. The number of aliphatic imine (C=N–C) groups is 1. The van der Waals surface area contributed by atoms with Crippen molar-refractivity contribution in [1.29, 1.82) is 0 Å². The monoisotopic (exact) mass is 405 g/mol. The van der Waals surface area contributed by atoms with Crippen molar-refractivity contribution in [2.45, 2.75) is 26.8 Å². The molecule has 0 atom stereocenters. The summed E-state index contributed by atoms with van der Waals surface area (Å²) >= 11 is 0. The Bertz CT molecular complexity index is 993. The topological polar surface area (TPSA) is 56.9 Å². The minimum absolute atomic E-state index is 0.825. The summed E-state index contributed by atoms with van der Waals surface area (Å²) < 4.78 is 5.26. The number of hydrogen-bond donors (Lipinski definition) is 1. The van der Waals surface area contributed by atoms with Gasteiger partial charge in [0.25, 0.3) is 0 Å². The van der Waals surface area contributed by atoms with E-state index in [0.29, 0.717) is 0 Å². The van der Waals surface area contributed by atoms with Gasteiger partial charge in [-0.15, -0.1) is 0 Å². The molecule has 1 aromatic heterocycles. The Morgan fingerprint density at radius 2 is 1.83 bits per heavy atom. The van der Waals surface area contributed by atoms with Gasteiger partial charge in [-0.2, -0.15) is 0 Å². The van der Waals surface area contributed by atoms with Gasteiger partial charge in [0.2, 0.25) is 0 Å². The highest BCUT2D eigenvalue weighted by Gasteiger charge is 2.20. The van der Waals surface area contributed by atoms with Gasteiger partial charge in [-0.05, 0) is 36.6 Å². The fraction of sp³-hybridized carbons (Fsp3) is 0.417. The second-order valence-electron chi connectivity index (χ2n) is 7.93. The summed E-state index contributed by atoms with van der Waals surface area (Å²) in [6, 6.07) is 15.3. The average molecular weight is 406 g/mol. The third-order valence-corrected chi connectivity index (χ3v) is 6.00. The van der Waals surface area contributed by atoms with E-state index in [1.54, 1.807) is 0 Å². The summed E-state index contributed by atoms with van der Waals surface area (Å²) in [6.45, 7) is 9.82. The molecule has 2 aromatic carbocycles. The molecule has 1 aliphatic heterocycles. The highest BCUT2D eigenvalue weighted by atomic mass is 16.5. The third-order valence-electron chi connectivity index (χ3n) is 6.00.